The Labute approximate surface area is 94.7 Å². The first kappa shape index (κ1) is 12.7. The van der Waals surface area contributed by atoms with E-state index >= 15 is 0 Å². The van der Waals surface area contributed by atoms with Crippen LogP contribution in [0.15, 0.2) is 12.2 Å². The maximum atomic E-state index is 4.14. The van der Waals surface area contributed by atoms with E-state index in [-0.39, 0.29) is 5.54 Å². The van der Waals surface area contributed by atoms with Gasteiger partial charge in [-0.1, -0.05) is 13.5 Å². The first-order valence-electron chi connectivity index (χ1n) is 6.01. The van der Waals surface area contributed by atoms with Crippen LogP contribution in [0, 0.1) is 5.92 Å². The van der Waals surface area contributed by atoms with Gasteiger partial charge in [-0.25, -0.2) is 0 Å². The van der Waals surface area contributed by atoms with Crippen molar-refractivity contribution in [2.45, 2.75) is 39.7 Å². The fourth-order valence-corrected chi connectivity index (χ4v) is 1.93. The SMILES string of the molecule is C=C(CNC(C)(C)C)CN1CCC(C)C1. The summed E-state index contributed by atoms with van der Waals surface area (Å²) >= 11 is 0. The van der Waals surface area contributed by atoms with Gasteiger partial charge in [0, 0.05) is 25.2 Å². The van der Waals surface area contributed by atoms with Crippen molar-refractivity contribution in [2.24, 2.45) is 5.92 Å². The minimum atomic E-state index is 0.196. The van der Waals surface area contributed by atoms with Gasteiger partial charge in [-0.05, 0) is 45.2 Å². The van der Waals surface area contributed by atoms with Gasteiger partial charge in [-0.2, -0.15) is 0 Å². The molecule has 0 amide bonds. The van der Waals surface area contributed by atoms with Crippen molar-refractivity contribution in [1.29, 1.82) is 0 Å². The zero-order valence-electron chi connectivity index (χ0n) is 10.8. The molecule has 0 aromatic heterocycles. The molecule has 0 spiro atoms. The molecule has 88 valence electrons. The summed E-state index contributed by atoms with van der Waals surface area (Å²) in [5.41, 5.74) is 1.50. The van der Waals surface area contributed by atoms with Crippen molar-refractivity contribution in [3.63, 3.8) is 0 Å². The average Bonchev–Trinajstić information content (AvgIpc) is 2.47. The Morgan fingerprint density at radius 2 is 2.13 bits per heavy atom. The van der Waals surface area contributed by atoms with Gasteiger partial charge in [0.05, 0.1) is 0 Å². The van der Waals surface area contributed by atoms with Crippen LogP contribution in [0.25, 0.3) is 0 Å². The highest BCUT2D eigenvalue weighted by Crippen LogP contribution is 2.15. The van der Waals surface area contributed by atoms with Crippen molar-refractivity contribution >= 4 is 0 Å². The van der Waals surface area contributed by atoms with E-state index in [0.717, 1.165) is 19.0 Å². The summed E-state index contributed by atoms with van der Waals surface area (Å²) in [6.45, 7) is 17.5. The molecule has 1 fully saturated rings. The largest absolute Gasteiger partial charge is 0.308 e. The molecule has 1 rings (SSSR count). The van der Waals surface area contributed by atoms with Crippen LogP contribution >= 0.6 is 0 Å². The zero-order chi connectivity index (χ0) is 11.5. The molecule has 1 heterocycles. The number of hydrogen-bond donors (Lipinski definition) is 1. The van der Waals surface area contributed by atoms with Gasteiger partial charge >= 0.3 is 0 Å². The summed E-state index contributed by atoms with van der Waals surface area (Å²) in [7, 11) is 0. The lowest BCUT2D eigenvalue weighted by Crippen LogP contribution is -2.38. The molecule has 0 bridgehead atoms. The molecule has 1 aliphatic rings. The lowest BCUT2D eigenvalue weighted by atomic mass is 10.1. The molecule has 0 aliphatic carbocycles. The zero-order valence-corrected chi connectivity index (χ0v) is 10.8. The number of nitrogens with zero attached hydrogens (tertiary/aromatic N) is 1. The summed E-state index contributed by atoms with van der Waals surface area (Å²) in [4.78, 5) is 2.51. The van der Waals surface area contributed by atoms with Gasteiger partial charge in [0.25, 0.3) is 0 Å². The maximum Gasteiger partial charge on any atom is 0.0202 e. The van der Waals surface area contributed by atoms with Crippen LogP contribution in [-0.4, -0.2) is 36.6 Å². The molecule has 2 heteroatoms. The van der Waals surface area contributed by atoms with Crippen LogP contribution in [0.5, 0.6) is 0 Å². The van der Waals surface area contributed by atoms with Gasteiger partial charge in [0.15, 0.2) is 0 Å². The summed E-state index contributed by atoms with van der Waals surface area (Å²) < 4.78 is 0. The fraction of sp³-hybridized carbons (Fsp3) is 0.846. The highest BCUT2D eigenvalue weighted by molar-refractivity contribution is 5.01. The molecule has 1 atom stereocenters. The normalized spacial score (nSPS) is 23.3. The first-order valence-corrected chi connectivity index (χ1v) is 6.01. The summed E-state index contributed by atoms with van der Waals surface area (Å²) in [5, 5.41) is 3.48. The first-order chi connectivity index (χ1) is 6.87. The predicted molar refractivity (Wildman–Crippen MR) is 67.1 cm³/mol. The second kappa shape index (κ2) is 5.13. The summed E-state index contributed by atoms with van der Waals surface area (Å²) in [6, 6.07) is 0. The van der Waals surface area contributed by atoms with Gasteiger partial charge in [0.2, 0.25) is 0 Å². The summed E-state index contributed by atoms with van der Waals surface area (Å²) in [5.74, 6) is 0.869. The molecule has 1 aliphatic heterocycles. The number of rotatable bonds is 4. The lowest BCUT2D eigenvalue weighted by molar-refractivity contribution is 0.347. The molecule has 0 aromatic rings. The molecule has 0 aromatic carbocycles. The van der Waals surface area contributed by atoms with E-state index in [1.54, 1.807) is 0 Å². The molecule has 15 heavy (non-hydrogen) atoms. The third kappa shape index (κ3) is 5.33. The maximum absolute atomic E-state index is 4.14. The lowest BCUT2D eigenvalue weighted by Gasteiger charge is -2.23. The highest BCUT2D eigenvalue weighted by Gasteiger charge is 2.19. The van der Waals surface area contributed by atoms with E-state index < -0.39 is 0 Å². The average molecular weight is 210 g/mol. The fourth-order valence-electron chi connectivity index (χ4n) is 1.93. The monoisotopic (exact) mass is 210 g/mol. The minimum Gasteiger partial charge on any atom is -0.308 e. The quantitative estimate of drug-likeness (QED) is 0.716. The van der Waals surface area contributed by atoms with Gasteiger partial charge in [-0.15, -0.1) is 0 Å². The molecule has 0 radical (unpaired) electrons. The van der Waals surface area contributed by atoms with E-state index in [9.17, 15) is 0 Å². The Kier molecular flexibility index (Phi) is 4.35. The molecule has 1 unspecified atom stereocenters. The van der Waals surface area contributed by atoms with Crippen molar-refractivity contribution in [3.05, 3.63) is 12.2 Å². The molecule has 2 nitrogen and oxygen atoms in total. The number of likely N-dealkylation sites (tertiary alicyclic amines) is 1. The van der Waals surface area contributed by atoms with Gasteiger partial charge < -0.3 is 5.32 Å². The van der Waals surface area contributed by atoms with Crippen molar-refractivity contribution < 1.29 is 0 Å². The molecule has 1 N–H and O–H groups in total. The third-order valence-corrected chi connectivity index (χ3v) is 2.82. The van der Waals surface area contributed by atoms with E-state index in [2.05, 4.69) is 44.5 Å². The Morgan fingerprint density at radius 1 is 1.47 bits per heavy atom. The Balaban J connectivity index is 2.19. The van der Waals surface area contributed by atoms with Crippen molar-refractivity contribution in [3.8, 4) is 0 Å². The molecule has 1 saturated heterocycles. The molecular formula is C13H26N2. The van der Waals surface area contributed by atoms with E-state index in [0.29, 0.717) is 0 Å². The van der Waals surface area contributed by atoms with Gasteiger partial charge in [-0.3, -0.25) is 4.90 Å². The third-order valence-electron chi connectivity index (χ3n) is 2.82. The number of hydrogen-bond acceptors (Lipinski definition) is 2. The Hall–Kier alpha value is -0.340. The van der Waals surface area contributed by atoms with Crippen LogP contribution in [0.3, 0.4) is 0 Å². The van der Waals surface area contributed by atoms with E-state index in [4.69, 9.17) is 0 Å². The van der Waals surface area contributed by atoms with Crippen LogP contribution in [0.4, 0.5) is 0 Å². The minimum absolute atomic E-state index is 0.196. The van der Waals surface area contributed by atoms with E-state index in [1.165, 1.54) is 25.1 Å². The van der Waals surface area contributed by atoms with Crippen molar-refractivity contribution in [1.82, 2.24) is 10.2 Å². The van der Waals surface area contributed by atoms with Crippen LogP contribution in [0.2, 0.25) is 0 Å². The smallest absolute Gasteiger partial charge is 0.0202 e. The Morgan fingerprint density at radius 3 is 2.60 bits per heavy atom. The topological polar surface area (TPSA) is 15.3 Å². The predicted octanol–water partition coefficient (Wildman–Crippen LogP) is 2.27. The van der Waals surface area contributed by atoms with E-state index in [1.807, 2.05) is 0 Å². The van der Waals surface area contributed by atoms with Crippen LogP contribution in [0.1, 0.15) is 34.1 Å². The highest BCUT2D eigenvalue weighted by atomic mass is 15.1. The van der Waals surface area contributed by atoms with Gasteiger partial charge in [0.1, 0.15) is 0 Å². The molecule has 0 saturated carbocycles. The second-order valence-corrected chi connectivity index (χ2v) is 5.98. The Bertz CT molecular complexity index is 215. The number of nitrogens with one attached hydrogen (secondary N) is 1. The second-order valence-electron chi connectivity index (χ2n) is 5.98. The standard InChI is InChI=1S/C13H26N2/c1-11-6-7-15(9-11)10-12(2)8-14-13(3,4)5/h11,14H,2,6-10H2,1,3-5H3. The molecular weight excluding hydrogens is 184 g/mol. The summed E-state index contributed by atoms with van der Waals surface area (Å²) in [6.07, 6.45) is 1.35. The van der Waals surface area contributed by atoms with Crippen LogP contribution < -0.4 is 5.32 Å². The van der Waals surface area contributed by atoms with Crippen LogP contribution in [-0.2, 0) is 0 Å². The van der Waals surface area contributed by atoms with Crippen molar-refractivity contribution in [2.75, 3.05) is 26.2 Å².